The molecule has 2 atom stereocenters. The molecule has 1 N–H and O–H groups in total. The molecule has 1 aromatic rings. The van der Waals surface area contributed by atoms with Crippen molar-refractivity contribution in [1.82, 2.24) is 20.0 Å². The second kappa shape index (κ2) is 5.08. The highest BCUT2D eigenvalue weighted by Crippen LogP contribution is 2.30. The maximum Gasteiger partial charge on any atom is 0.0860 e. The average Bonchev–Trinajstić information content (AvgIpc) is 2.83. The van der Waals surface area contributed by atoms with Crippen LogP contribution in [0.2, 0.25) is 5.02 Å². The molecule has 0 aromatic carbocycles. The van der Waals surface area contributed by atoms with Gasteiger partial charge in [0, 0.05) is 31.7 Å². The van der Waals surface area contributed by atoms with Gasteiger partial charge in [0.15, 0.2) is 0 Å². The number of nitrogens with zero attached hydrogens (tertiary/aromatic N) is 3. The monoisotopic (exact) mass is 282 g/mol. The molecule has 106 valence electrons. The summed E-state index contributed by atoms with van der Waals surface area (Å²) < 4.78 is 1.92. The van der Waals surface area contributed by atoms with Gasteiger partial charge in [-0.3, -0.25) is 9.58 Å². The Hall–Kier alpha value is -0.580. The summed E-state index contributed by atoms with van der Waals surface area (Å²) in [6.07, 6.45) is 5.23. The Morgan fingerprint density at radius 2 is 2.00 bits per heavy atom. The summed E-state index contributed by atoms with van der Waals surface area (Å²) in [5.74, 6) is 0. The van der Waals surface area contributed by atoms with Crippen molar-refractivity contribution in [2.45, 2.75) is 57.3 Å². The normalized spacial score (nSPS) is 30.3. The van der Waals surface area contributed by atoms with Crippen LogP contribution in [0.25, 0.3) is 0 Å². The summed E-state index contributed by atoms with van der Waals surface area (Å²) in [4.78, 5) is 2.45. The first kappa shape index (κ1) is 13.4. The van der Waals surface area contributed by atoms with E-state index < -0.39 is 0 Å². The van der Waals surface area contributed by atoms with Crippen LogP contribution in [-0.4, -0.2) is 39.9 Å². The van der Waals surface area contributed by atoms with E-state index in [0.717, 1.165) is 35.0 Å². The van der Waals surface area contributed by atoms with Crippen LogP contribution in [0.5, 0.6) is 0 Å². The Morgan fingerprint density at radius 1 is 1.37 bits per heavy atom. The Balaban J connectivity index is 1.69. The Kier molecular flexibility index (Phi) is 3.58. The quantitative estimate of drug-likeness (QED) is 0.922. The third kappa shape index (κ3) is 2.54. The zero-order valence-corrected chi connectivity index (χ0v) is 12.7. The van der Waals surface area contributed by atoms with Gasteiger partial charge in [-0.2, -0.15) is 5.10 Å². The van der Waals surface area contributed by atoms with Crippen molar-refractivity contribution in [3.8, 4) is 0 Å². The predicted octanol–water partition coefficient (Wildman–Crippen LogP) is 2.10. The molecule has 2 fully saturated rings. The molecule has 0 radical (unpaired) electrons. The fraction of sp³-hybridized carbons (Fsp3) is 0.786. The molecule has 2 saturated heterocycles. The molecule has 0 aliphatic carbocycles. The lowest BCUT2D eigenvalue weighted by atomic mass is 9.98. The van der Waals surface area contributed by atoms with Gasteiger partial charge in [-0.05, 0) is 39.7 Å². The van der Waals surface area contributed by atoms with E-state index in [1.54, 1.807) is 0 Å². The average molecular weight is 283 g/mol. The minimum Gasteiger partial charge on any atom is -0.311 e. The summed E-state index contributed by atoms with van der Waals surface area (Å²) in [7, 11) is 4.20. The Bertz CT molecular complexity index is 458. The lowest BCUT2D eigenvalue weighted by Gasteiger charge is -2.35. The largest absolute Gasteiger partial charge is 0.311 e. The van der Waals surface area contributed by atoms with E-state index >= 15 is 0 Å². The van der Waals surface area contributed by atoms with E-state index in [4.69, 9.17) is 11.6 Å². The molecule has 2 aliphatic rings. The van der Waals surface area contributed by atoms with Crippen LogP contribution in [0.15, 0.2) is 0 Å². The highest BCUT2D eigenvalue weighted by molar-refractivity contribution is 6.31. The predicted molar refractivity (Wildman–Crippen MR) is 77.4 cm³/mol. The molecule has 0 amide bonds. The number of aryl methyl sites for hydroxylation is 2. The van der Waals surface area contributed by atoms with Crippen LogP contribution in [0.4, 0.5) is 0 Å². The minimum absolute atomic E-state index is 0.671. The van der Waals surface area contributed by atoms with Crippen LogP contribution < -0.4 is 5.32 Å². The second-order valence-electron chi connectivity index (χ2n) is 6.15. The van der Waals surface area contributed by atoms with Crippen molar-refractivity contribution in [3.63, 3.8) is 0 Å². The van der Waals surface area contributed by atoms with Gasteiger partial charge in [0.05, 0.1) is 16.4 Å². The number of nitrogens with one attached hydrogen (secondary N) is 1. The van der Waals surface area contributed by atoms with Crippen molar-refractivity contribution in [2.75, 3.05) is 7.05 Å². The number of aromatic nitrogens is 2. The molecule has 19 heavy (non-hydrogen) atoms. The molecule has 1 aromatic heterocycles. The van der Waals surface area contributed by atoms with Crippen molar-refractivity contribution < 1.29 is 0 Å². The van der Waals surface area contributed by atoms with Crippen molar-refractivity contribution in [2.24, 2.45) is 7.05 Å². The highest BCUT2D eigenvalue weighted by atomic mass is 35.5. The van der Waals surface area contributed by atoms with Gasteiger partial charge in [-0.25, -0.2) is 0 Å². The minimum atomic E-state index is 0.671. The van der Waals surface area contributed by atoms with Crippen LogP contribution >= 0.6 is 11.6 Å². The van der Waals surface area contributed by atoms with Crippen molar-refractivity contribution >= 4 is 11.6 Å². The Labute approximate surface area is 120 Å². The van der Waals surface area contributed by atoms with Crippen LogP contribution in [0.1, 0.15) is 37.1 Å². The molecule has 0 spiro atoms. The summed E-state index contributed by atoms with van der Waals surface area (Å²) >= 11 is 6.34. The number of hydrogen-bond acceptors (Lipinski definition) is 3. The van der Waals surface area contributed by atoms with Gasteiger partial charge in [-0.15, -0.1) is 0 Å². The Morgan fingerprint density at radius 3 is 2.53 bits per heavy atom. The molecule has 2 unspecified atom stereocenters. The van der Waals surface area contributed by atoms with E-state index in [2.05, 4.69) is 22.4 Å². The third-order valence-corrected chi connectivity index (χ3v) is 5.22. The van der Waals surface area contributed by atoms with E-state index in [9.17, 15) is 0 Å². The van der Waals surface area contributed by atoms with Gasteiger partial charge in [0.25, 0.3) is 0 Å². The molecule has 4 nitrogen and oxygen atoms in total. The third-order valence-electron chi connectivity index (χ3n) is 4.73. The maximum absolute atomic E-state index is 6.34. The fourth-order valence-electron chi connectivity index (χ4n) is 3.60. The summed E-state index contributed by atoms with van der Waals surface area (Å²) in [6.45, 7) is 2.86. The van der Waals surface area contributed by atoms with Crippen LogP contribution in [-0.2, 0) is 13.6 Å². The fourth-order valence-corrected chi connectivity index (χ4v) is 3.82. The van der Waals surface area contributed by atoms with Gasteiger partial charge in [0.1, 0.15) is 0 Å². The van der Waals surface area contributed by atoms with E-state index in [1.165, 1.54) is 25.7 Å². The maximum atomic E-state index is 6.34. The lowest BCUT2D eigenvalue weighted by Crippen LogP contribution is -2.46. The van der Waals surface area contributed by atoms with E-state index in [1.807, 2.05) is 18.7 Å². The van der Waals surface area contributed by atoms with Gasteiger partial charge >= 0.3 is 0 Å². The summed E-state index contributed by atoms with van der Waals surface area (Å²) in [5.41, 5.74) is 2.06. The first-order chi connectivity index (χ1) is 9.04. The van der Waals surface area contributed by atoms with Gasteiger partial charge < -0.3 is 5.32 Å². The number of fused-ring (bicyclic) bond motifs is 2. The van der Waals surface area contributed by atoms with Crippen LogP contribution in [0.3, 0.4) is 0 Å². The smallest absolute Gasteiger partial charge is 0.0860 e. The molecular formula is C14H23ClN4. The van der Waals surface area contributed by atoms with E-state index in [0.29, 0.717) is 6.04 Å². The van der Waals surface area contributed by atoms with E-state index in [-0.39, 0.29) is 0 Å². The number of rotatable bonds is 3. The zero-order chi connectivity index (χ0) is 13.6. The molecule has 5 heteroatoms. The molecule has 3 rings (SSSR count). The topological polar surface area (TPSA) is 33.1 Å². The van der Waals surface area contributed by atoms with Gasteiger partial charge in [-0.1, -0.05) is 11.6 Å². The van der Waals surface area contributed by atoms with Crippen molar-refractivity contribution in [3.05, 3.63) is 16.4 Å². The summed E-state index contributed by atoms with van der Waals surface area (Å²) in [6, 6.07) is 2.13. The highest BCUT2D eigenvalue weighted by Gasteiger charge is 2.35. The van der Waals surface area contributed by atoms with Crippen LogP contribution in [0, 0.1) is 6.92 Å². The first-order valence-electron chi connectivity index (χ1n) is 7.19. The SMILES string of the molecule is Cc1nn(C)c(CN(C)C2CC3CCC(C2)N3)c1Cl. The molecule has 2 bridgehead atoms. The standard InChI is InChI=1S/C14H23ClN4/c1-9-14(15)13(19(3)17-9)8-18(2)12-6-10-4-5-11(7-12)16-10/h10-12,16H,4-8H2,1-3H3. The number of hydrogen-bond donors (Lipinski definition) is 1. The van der Waals surface area contributed by atoms with Crippen molar-refractivity contribution in [1.29, 1.82) is 0 Å². The second-order valence-corrected chi connectivity index (χ2v) is 6.53. The molecular weight excluding hydrogens is 260 g/mol. The number of halogens is 1. The first-order valence-corrected chi connectivity index (χ1v) is 7.56. The van der Waals surface area contributed by atoms with Gasteiger partial charge in [0.2, 0.25) is 0 Å². The summed E-state index contributed by atoms with van der Waals surface area (Å²) in [5, 5.41) is 8.92. The molecule has 2 aliphatic heterocycles. The molecule has 3 heterocycles. The zero-order valence-electron chi connectivity index (χ0n) is 12.0. The molecule has 0 saturated carbocycles. The lowest BCUT2D eigenvalue weighted by molar-refractivity contribution is 0.163. The number of piperidine rings is 1.